The SMILES string of the molecule is COc1ccc(N2CCC(NC(=O)C(C)Oc3ccc(Cl)cc3Br)CC2)cc1. The van der Waals surface area contributed by atoms with E-state index in [0.29, 0.717) is 10.8 Å². The molecule has 1 aliphatic heterocycles. The maximum absolute atomic E-state index is 12.5. The van der Waals surface area contributed by atoms with Crippen molar-refractivity contribution in [3.8, 4) is 11.5 Å². The van der Waals surface area contributed by atoms with Gasteiger partial charge in [-0.1, -0.05) is 11.6 Å². The van der Waals surface area contributed by atoms with E-state index in [1.54, 1.807) is 32.2 Å². The second-order valence-corrected chi connectivity index (χ2v) is 8.09. The Hall–Kier alpha value is -1.92. The number of piperidine rings is 1. The molecule has 2 aromatic rings. The number of nitrogens with zero attached hydrogens (tertiary/aromatic N) is 1. The Morgan fingerprint density at radius 3 is 2.50 bits per heavy atom. The van der Waals surface area contributed by atoms with Crippen molar-refractivity contribution in [3.05, 3.63) is 52.0 Å². The van der Waals surface area contributed by atoms with Crippen molar-refractivity contribution < 1.29 is 14.3 Å². The molecule has 0 radical (unpaired) electrons. The zero-order chi connectivity index (χ0) is 20.1. The molecule has 1 amide bonds. The molecule has 1 aliphatic rings. The van der Waals surface area contributed by atoms with Crippen LogP contribution < -0.4 is 19.7 Å². The van der Waals surface area contributed by atoms with Gasteiger partial charge in [-0.05, 0) is 78.2 Å². The summed E-state index contributed by atoms with van der Waals surface area (Å²) < 4.78 is 11.7. The van der Waals surface area contributed by atoms with Gasteiger partial charge in [-0.15, -0.1) is 0 Å². The van der Waals surface area contributed by atoms with Crippen molar-refractivity contribution in [3.63, 3.8) is 0 Å². The van der Waals surface area contributed by atoms with Crippen LogP contribution in [0.5, 0.6) is 11.5 Å². The van der Waals surface area contributed by atoms with Crippen molar-refractivity contribution in [2.75, 3.05) is 25.1 Å². The number of methoxy groups -OCH3 is 1. The molecule has 1 unspecified atom stereocenters. The van der Waals surface area contributed by atoms with E-state index in [1.165, 1.54) is 5.69 Å². The normalized spacial score (nSPS) is 15.8. The van der Waals surface area contributed by atoms with Crippen LogP contribution in [0.2, 0.25) is 5.02 Å². The summed E-state index contributed by atoms with van der Waals surface area (Å²) >= 11 is 9.35. The first-order valence-corrected chi connectivity index (χ1v) is 10.4. The molecule has 3 rings (SSSR count). The highest BCUT2D eigenvalue weighted by Crippen LogP contribution is 2.29. The van der Waals surface area contributed by atoms with Crippen LogP contribution in [0.25, 0.3) is 0 Å². The first-order valence-electron chi connectivity index (χ1n) is 9.27. The summed E-state index contributed by atoms with van der Waals surface area (Å²) in [4.78, 5) is 14.8. The van der Waals surface area contributed by atoms with E-state index in [0.717, 1.165) is 36.2 Å². The van der Waals surface area contributed by atoms with Gasteiger partial charge in [0.05, 0.1) is 11.6 Å². The number of amides is 1. The Balaban J connectivity index is 1.48. The van der Waals surface area contributed by atoms with Gasteiger partial charge >= 0.3 is 0 Å². The highest BCUT2D eigenvalue weighted by Gasteiger charge is 2.24. The van der Waals surface area contributed by atoms with Gasteiger partial charge in [0, 0.05) is 29.8 Å². The van der Waals surface area contributed by atoms with Crippen LogP contribution >= 0.6 is 27.5 Å². The number of carbonyl (C=O) groups excluding carboxylic acids is 1. The second kappa shape index (κ2) is 9.52. The van der Waals surface area contributed by atoms with Gasteiger partial charge in [-0.3, -0.25) is 4.79 Å². The number of hydrogen-bond donors (Lipinski definition) is 1. The van der Waals surface area contributed by atoms with Gasteiger partial charge in [0.15, 0.2) is 6.10 Å². The summed E-state index contributed by atoms with van der Waals surface area (Å²) in [5.74, 6) is 1.35. The van der Waals surface area contributed by atoms with E-state index >= 15 is 0 Å². The van der Waals surface area contributed by atoms with Crippen molar-refractivity contribution in [1.82, 2.24) is 5.32 Å². The van der Waals surface area contributed by atoms with Crippen LogP contribution in [-0.4, -0.2) is 38.3 Å². The Bertz CT molecular complexity index is 808. The number of rotatable bonds is 6. The summed E-state index contributed by atoms with van der Waals surface area (Å²) in [6, 6.07) is 13.5. The molecule has 2 aromatic carbocycles. The summed E-state index contributed by atoms with van der Waals surface area (Å²) in [6.07, 6.45) is 1.21. The molecule has 7 heteroatoms. The maximum atomic E-state index is 12.5. The average Bonchev–Trinajstić information content (AvgIpc) is 2.70. The third kappa shape index (κ3) is 5.32. The average molecular weight is 468 g/mol. The lowest BCUT2D eigenvalue weighted by atomic mass is 10.0. The van der Waals surface area contributed by atoms with Crippen molar-refractivity contribution in [2.24, 2.45) is 0 Å². The van der Waals surface area contributed by atoms with Gasteiger partial charge in [0.25, 0.3) is 5.91 Å². The lowest BCUT2D eigenvalue weighted by Crippen LogP contribution is -2.48. The molecule has 1 atom stereocenters. The summed E-state index contributed by atoms with van der Waals surface area (Å²) in [5, 5.41) is 3.72. The van der Waals surface area contributed by atoms with E-state index in [-0.39, 0.29) is 11.9 Å². The van der Waals surface area contributed by atoms with Gasteiger partial charge in [0.1, 0.15) is 11.5 Å². The summed E-state index contributed by atoms with van der Waals surface area (Å²) in [5.41, 5.74) is 1.18. The maximum Gasteiger partial charge on any atom is 0.260 e. The number of nitrogens with one attached hydrogen (secondary N) is 1. The molecule has 0 saturated carbocycles. The monoisotopic (exact) mass is 466 g/mol. The number of carbonyl (C=O) groups is 1. The fraction of sp³-hybridized carbons (Fsp3) is 0.381. The van der Waals surface area contributed by atoms with Crippen LogP contribution in [0, 0.1) is 0 Å². The summed E-state index contributed by atoms with van der Waals surface area (Å²) in [7, 11) is 1.67. The molecule has 1 N–H and O–H groups in total. The number of anilines is 1. The molecular formula is C21H24BrClN2O3. The summed E-state index contributed by atoms with van der Waals surface area (Å²) in [6.45, 7) is 3.55. The van der Waals surface area contributed by atoms with E-state index in [2.05, 4.69) is 38.3 Å². The predicted molar refractivity (Wildman–Crippen MR) is 116 cm³/mol. The van der Waals surface area contributed by atoms with Crippen LogP contribution in [0.3, 0.4) is 0 Å². The van der Waals surface area contributed by atoms with Crippen LogP contribution in [0.15, 0.2) is 46.9 Å². The van der Waals surface area contributed by atoms with Crippen LogP contribution in [0.4, 0.5) is 5.69 Å². The van der Waals surface area contributed by atoms with Crippen molar-refractivity contribution >= 4 is 39.1 Å². The van der Waals surface area contributed by atoms with Crippen molar-refractivity contribution in [2.45, 2.75) is 31.9 Å². The Morgan fingerprint density at radius 1 is 1.21 bits per heavy atom. The number of benzene rings is 2. The highest BCUT2D eigenvalue weighted by atomic mass is 79.9. The fourth-order valence-corrected chi connectivity index (χ4v) is 3.98. The highest BCUT2D eigenvalue weighted by molar-refractivity contribution is 9.10. The minimum absolute atomic E-state index is 0.107. The minimum Gasteiger partial charge on any atom is -0.497 e. The molecule has 150 valence electrons. The molecule has 0 aromatic heterocycles. The van der Waals surface area contributed by atoms with Crippen molar-refractivity contribution in [1.29, 1.82) is 0 Å². The number of ether oxygens (including phenoxy) is 2. The van der Waals surface area contributed by atoms with Gasteiger partial charge in [-0.25, -0.2) is 0 Å². The van der Waals surface area contributed by atoms with Gasteiger partial charge in [-0.2, -0.15) is 0 Å². The first-order chi connectivity index (χ1) is 13.5. The molecule has 5 nitrogen and oxygen atoms in total. The van der Waals surface area contributed by atoms with Crippen LogP contribution in [-0.2, 0) is 4.79 Å². The first kappa shape index (κ1) is 20.8. The Labute approximate surface area is 179 Å². The molecule has 1 fully saturated rings. The molecule has 1 heterocycles. The molecule has 28 heavy (non-hydrogen) atoms. The Kier molecular flexibility index (Phi) is 7.08. The molecule has 1 saturated heterocycles. The second-order valence-electron chi connectivity index (χ2n) is 6.80. The number of hydrogen-bond acceptors (Lipinski definition) is 4. The quantitative estimate of drug-likeness (QED) is 0.671. The fourth-order valence-electron chi connectivity index (χ4n) is 3.21. The van der Waals surface area contributed by atoms with Crippen LogP contribution in [0.1, 0.15) is 19.8 Å². The third-order valence-corrected chi connectivity index (χ3v) is 5.70. The lowest BCUT2D eigenvalue weighted by Gasteiger charge is -2.34. The topological polar surface area (TPSA) is 50.8 Å². The largest absolute Gasteiger partial charge is 0.497 e. The molecule has 0 aliphatic carbocycles. The standard InChI is InChI=1S/C21H24BrClN2O3/c1-14(28-20-8-3-15(23)13-19(20)22)21(26)24-16-9-11-25(12-10-16)17-4-6-18(27-2)7-5-17/h3-8,13-14,16H,9-12H2,1-2H3,(H,24,26). The lowest BCUT2D eigenvalue weighted by molar-refractivity contribution is -0.128. The molecule has 0 spiro atoms. The van der Waals surface area contributed by atoms with Gasteiger partial charge in [0.2, 0.25) is 0 Å². The van der Waals surface area contributed by atoms with E-state index in [1.807, 2.05) is 12.1 Å². The smallest absolute Gasteiger partial charge is 0.260 e. The predicted octanol–water partition coefficient (Wildman–Crippen LogP) is 4.66. The third-order valence-electron chi connectivity index (χ3n) is 4.85. The zero-order valence-electron chi connectivity index (χ0n) is 16.0. The minimum atomic E-state index is -0.586. The molecule has 0 bridgehead atoms. The van der Waals surface area contributed by atoms with Gasteiger partial charge < -0.3 is 19.7 Å². The Morgan fingerprint density at radius 2 is 1.89 bits per heavy atom. The van der Waals surface area contributed by atoms with E-state index < -0.39 is 6.10 Å². The zero-order valence-corrected chi connectivity index (χ0v) is 18.3. The molecular weight excluding hydrogens is 444 g/mol. The number of halogens is 2. The van der Waals surface area contributed by atoms with E-state index in [4.69, 9.17) is 21.1 Å². The van der Waals surface area contributed by atoms with E-state index in [9.17, 15) is 4.79 Å².